The fraction of sp³-hybridized carbons (Fsp3) is 0.792. The normalized spacial score (nSPS) is 15.4. The molecule has 0 aliphatic carbocycles. The molecule has 1 rings (SSSR count). The number of nitrogens with zero attached hydrogens (tertiary/aromatic N) is 1. The van der Waals surface area contributed by atoms with Crippen LogP contribution in [0.1, 0.15) is 85.0 Å². The van der Waals surface area contributed by atoms with Gasteiger partial charge in [-0.3, -0.25) is 9.05 Å². The highest BCUT2D eigenvalue weighted by molar-refractivity contribution is 7.48. The van der Waals surface area contributed by atoms with Crippen LogP contribution in [0.3, 0.4) is 0 Å². The molecule has 0 aromatic carbocycles. The summed E-state index contributed by atoms with van der Waals surface area (Å²) in [6.45, 7) is 6.87. The van der Waals surface area contributed by atoms with E-state index in [-0.39, 0.29) is 25.4 Å². The fourth-order valence-electron chi connectivity index (χ4n) is 3.13. The molecule has 0 aliphatic rings. The van der Waals surface area contributed by atoms with Crippen molar-refractivity contribution in [3.05, 3.63) is 30.6 Å². The zero-order chi connectivity index (χ0) is 23.5. The maximum Gasteiger partial charge on any atom is 0.502 e. The third-order valence-electron chi connectivity index (χ3n) is 5.35. The molecule has 0 saturated carbocycles. The van der Waals surface area contributed by atoms with Crippen LogP contribution in [0.2, 0.25) is 0 Å². The van der Waals surface area contributed by atoms with Gasteiger partial charge in [0.2, 0.25) is 0 Å². The van der Waals surface area contributed by atoms with Crippen LogP contribution in [0.15, 0.2) is 30.6 Å². The fourth-order valence-corrected chi connectivity index (χ4v) is 4.21. The van der Waals surface area contributed by atoms with Crippen LogP contribution in [0, 0.1) is 0 Å². The standard InChI is InChI=1S/C24H45NO6P/c1-5-7-8-9-10-11-12-14-17-24(6-2)30-31-32(26,29-22-23(3)27-4)28-21-20-25-18-15-13-16-19-25/h13,15-16,18-19,23-24H,5-12,14,17,20-22H2,1-4H3/q+1. The van der Waals surface area contributed by atoms with Gasteiger partial charge in [-0.05, 0) is 19.8 Å². The summed E-state index contributed by atoms with van der Waals surface area (Å²) < 4.78 is 36.5. The Hall–Kier alpha value is -0.820. The number of pyridine rings is 1. The van der Waals surface area contributed by atoms with Gasteiger partial charge >= 0.3 is 7.82 Å². The zero-order valence-corrected chi connectivity index (χ0v) is 21.5. The predicted molar refractivity (Wildman–Crippen MR) is 126 cm³/mol. The molecule has 186 valence electrons. The zero-order valence-electron chi connectivity index (χ0n) is 20.6. The lowest BCUT2D eigenvalue weighted by Crippen LogP contribution is -2.34. The molecule has 1 heterocycles. The van der Waals surface area contributed by atoms with E-state index < -0.39 is 7.82 Å². The Morgan fingerprint density at radius 2 is 1.56 bits per heavy atom. The van der Waals surface area contributed by atoms with Gasteiger partial charge in [0.1, 0.15) is 6.61 Å². The number of unbranched alkanes of at least 4 members (excludes halogenated alkanes) is 7. The summed E-state index contributed by atoms with van der Waals surface area (Å²) in [5.74, 6) is 0. The van der Waals surface area contributed by atoms with Crippen molar-refractivity contribution >= 4 is 7.82 Å². The minimum Gasteiger partial charge on any atom is -0.379 e. The second-order valence-electron chi connectivity index (χ2n) is 8.20. The third kappa shape index (κ3) is 14.4. The van der Waals surface area contributed by atoms with Crippen molar-refractivity contribution in [2.75, 3.05) is 20.3 Å². The third-order valence-corrected chi connectivity index (χ3v) is 6.58. The van der Waals surface area contributed by atoms with Crippen LogP contribution in [-0.2, 0) is 34.5 Å². The van der Waals surface area contributed by atoms with Crippen LogP contribution >= 0.6 is 7.82 Å². The van der Waals surface area contributed by atoms with E-state index >= 15 is 0 Å². The molecule has 0 amide bonds. The maximum absolute atomic E-state index is 13.1. The summed E-state index contributed by atoms with van der Waals surface area (Å²) in [6.07, 6.45) is 15.1. The molecule has 0 bridgehead atoms. The lowest BCUT2D eigenvalue weighted by molar-refractivity contribution is -0.697. The van der Waals surface area contributed by atoms with Crippen LogP contribution < -0.4 is 4.57 Å². The molecule has 0 fully saturated rings. The molecule has 0 aliphatic heterocycles. The first-order chi connectivity index (χ1) is 15.5. The Balaban J connectivity index is 2.41. The van der Waals surface area contributed by atoms with Gasteiger partial charge in [0, 0.05) is 19.2 Å². The van der Waals surface area contributed by atoms with E-state index in [9.17, 15) is 4.57 Å². The molecule has 0 radical (unpaired) electrons. The Kier molecular flexibility index (Phi) is 17.0. The van der Waals surface area contributed by atoms with Gasteiger partial charge in [-0.15, -0.1) is 4.67 Å². The van der Waals surface area contributed by atoms with Crippen molar-refractivity contribution < 1.29 is 32.5 Å². The van der Waals surface area contributed by atoms with E-state index in [1.165, 1.54) is 44.9 Å². The van der Waals surface area contributed by atoms with Crippen molar-refractivity contribution in [1.82, 2.24) is 0 Å². The van der Waals surface area contributed by atoms with Crippen LogP contribution in [0.4, 0.5) is 0 Å². The molecule has 3 atom stereocenters. The quantitative estimate of drug-likeness (QED) is 0.0674. The summed E-state index contributed by atoms with van der Waals surface area (Å²) in [4.78, 5) is 5.52. The van der Waals surface area contributed by atoms with E-state index in [1.54, 1.807) is 7.11 Å². The first-order valence-corrected chi connectivity index (χ1v) is 13.7. The van der Waals surface area contributed by atoms with E-state index in [0.29, 0.717) is 6.54 Å². The molecule has 0 N–H and O–H groups in total. The first kappa shape index (κ1) is 29.2. The molecule has 0 spiro atoms. The maximum atomic E-state index is 13.1. The molecule has 3 unspecified atom stereocenters. The Morgan fingerprint density at radius 3 is 2.19 bits per heavy atom. The number of rotatable bonds is 21. The van der Waals surface area contributed by atoms with Gasteiger partial charge in [0.15, 0.2) is 18.9 Å². The molecule has 7 nitrogen and oxygen atoms in total. The Labute approximate surface area is 195 Å². The highest BCUT2D eigenvalue weighted by Gasteiger charge is 2.31. The summed E-state index contributed by atoms with van der Waals surface area (Å²) in [5.41, 5.74) is 0. The summed E-state index contributed by atoms with van der Waals surface area (Å²) in [7, 11) is -2.30. The van der Waals surface area contributed by atoms with Gasteiger partial charge in [-0.1, -0.05) is 71.3 Å². The molecule has 0 saturated heterocycles. The van der Waals surface area contributed by atoms with Gasteiger partial charge in [0.25, 0.3) is 0 Å². The number of aromatic nitrogens is 1. The SMILES string of the molecule is CCCCCCCCCCC(CC)OOP(=O)(OCC[n+]1ccccc1)OCC(C)OC. The molecule has 32 heavy (non-hydrogen) atoms. The molecule has 1 aromatic heterocycles. The monoisotopic (exact) mass is 474 g/mol. The Morgan fingerprint density at radius 1 is 0.906 bits per heavy atom. The van der Waals surface area contributed by atoms with Crippen LogP contribution in [0.5, 0.6) is 0 Å². The number of phosphoric acid groups is 1. The van der Waals surface area contributed by atoms with Crippen LogP contribution in [-0.4, -0.2) is 32.5 Å². The minimum atomic E-state index is -3.87. The second kappa shape index (κ2) is 18.6. The topological polar surface area (TPSA) is 67.1 Å². The summed E-state index contributed by atoms with van der Waals surface area (Å²) >= 11 is 0. The van der Waals surface area contributed by atoms with Gasteiger partial charge in [-0.25, -0.2) is 14.0 Å². The summed E-state index contributed by atoms with van der Waals surface area (Å²) in [6, 6.07) is 5.78. The van der Waals surface area contributed by atoms with Crippen LogP contribution in [0.25, 0.3) is 0 Å². The van der Waals surface area contributed by atoms with Gasteiger partial charge in [-0.2, -0.15) is 0 Å². The number of methoxy groups -OCH3 is 1. The minimum absolute atomic E-state index is 0.0877. The van der Waals surface area contributed by atoms with Crippen molar-refractivity contribution in [2.45, 2.75) is 104 Å². The molecule has 1 aromatic rings. The average molecular weight is 475 g/mol. The highest BCUT2D eigenvalue weighted by Crippen LogP contribution is 2.50. The second-order valence-corrected chi connectivity index (χ2v) is 9.76. The Bertz CT molecular complexity index is 603. The van der Waals surface area contributed by atoms with E-state index in [4.69, 9.17) is 23.3 Å². The highest BCUT2D eigenvalue weighted by atomic mass is 31.2. The van der Waals surface area contributed by atoms with E-state index in [2.05, 4.69) is 6.92 Å². The first-order valence-electron chi connectivity index (χ1n) is 12.2. The van der Waals surface area contributed by atoms with Crippen molar-refractivity contribution in [1.29, 1.82) is 0 Å². The number of phosphoric ester groups is 1. The van der Waals surface area contributed by atoms with E-state index in [0.717, 1.165) is 19.3 Å². The number of hydrogen-bond donors (Lipinski definition) is 0. The largest absolute Gasteiger partial charge is 0.502 e. The smallest absolute Gasteiger partial charge is 0.379 e. The lowest BCUT2D eigenvalue weighted by Gasteiger charge is -2.21. The molecular weight excluding hydrogens is 429 g/mol. The lowest BCUT2D eigenvalue weighted by atomic mass is 10.0. The summed E-state index contributed by atoms with van der Waals surface area (Å²) in [5, 5.41) is 0. The van der Waals surface area contributed by atoms with Gasteiger partial charge in [0.05, 0.1) is 18.8 Å². The number of ether oxygens (including phenoxy) is 1. The molecule has 8 heteroatoms. The van der Waals surface area contributed by atoms with Crippen molar-refractivity contribution in [3.8, 4) is 0 Å². The number of hydrogen-bond acceptors (Lipinski definition) is 6. The van der Waals surface area contributed by atoms with E-state index in [1.807, 2.05) is 49.0 Å². The predicted octanol–water partition coefficient (Wildman–Crippen LogP) is 6.41. The van der Waals surface area contributed by atoms with Crippen molar-refractivity contribution in [2.24, 2.45) is 0 Å². The van der Waals surface area contributed by atoms with Crippen molar-refractivity contribution in [3.63, 3.8) is 0 Å². The average Bonchev–Trinajstić information content (AvgIpc) is 2.82. The van der Waals surface area contributed by atoms with Gasteiger partial charge < -0.3 is 4.74 Å². The molecular formula is C24H45NO6P+.